The van der Waals surface area contributed by atoms with Crippen LogP contribution in [-0.4, -0.2) is 10.9 Å². The number of hydrogen-bond acceptors (Lipinski definition) is 3. The monoisotopic (exact) mass is 265 g/mol. The van der Waals surface area contributed by atoms with Crippen LogP contribution in [0, 0.1) is 5.82 Å². The summed E-state index contributed by atoms with van der Waals surface area (Å²) in [5.41, 5.74) is 5.98. The number of amides is 1. The van der Waals surface area contributed by atoms with Gasteiger partial charge in [0.15, 0.2) is 5.15 Å². The Morgan fingerprint density at radius 2 is 2.17 bits per heavy atom. The summed E-state index contributed by atoms with van der Waals surface area (Å²) in [5.74, 6) is -1.28. The van der Waals surface area contributed by atoms with Gasteiger partial charge in [-0.3, -0.25) is 4.79 Å². The van der Waals surface area contributed by atoms with Gasteiger partial charge in [-0.15, -0.1) is 0 Å². The fourth-order valence-electron chi connectivity index (χ4n) is 1.39. The number of hydrogen-bond donors (Lipinski definition) is 2. The molecule has 1 heterocycles. The van der Waals surface area contributed by atoms with Gasteiger partial charge in [-0.2, -0.15) is 0 Å². The molecule has 0 bridgehead atoms. The molecule has 0 radical (unpaired) electrons. The van der Waals surface area contributed by atoms with E-state index in [0.717, 1.165) is 6.07 Å². The summed E-state index contributed by atoms with van der Waals surface area (Å²) in [6.07, 6.45) is 1.49. The van der Waals surface area contributed by atoms with Crippen molar-refractivity contribution in [1.82, 2.24) is 4.98 Å². The molecule has 0 aliphatic carbocycles. The average molecular weight is 266 g/mol. The van der Waals surface area contributed by atoms with Gasteiger partial charge >= 0.3 is 0 Å². The van der Waals surface area contributed by atoms with E-state index in [2.05, 4.69) is 10.3 Å². The minimum absolute atomic E-state index is 0.134. The van der Waals surface area contributed by atoms with Gasteiger partial charge in [-0.1, -0.05) is 11.6 Å². The molecule has 18 heavy (non-hydrogen) atoms. The number of nitrogens with one attached hydrogen (secondary N) is 1. The molecule has 2 rings (SSSR count). The molecule has 6 heteroatoms. The Bertz CT molecular complexity index is 604. The van der Waals surface area contributed by atoms with Gasteiger partial charge in [0.2, 0.25) is 0 Å². The third-order valence-electron chi connectivity index (χ3n) is 2.24. The third kappa shape index (κ3) is 2.57. The van der Waals surface area contributed by atoms with Gasteiger partial charge in [0.25, 0.3) is 5.91 Å². The van der Waals surface area contributed by atoms with Crippen molar-refractivity contribution in [3.63, 3.8) is 0 Å². The molecule has 0 saturated heterocycles. The van der Waals surface area contributed by atoms with Crippen LogP contribution in [0.3, 0.4) is 0 Å². The Morgan fingerprint density at radius 1 is 1.39 bits per heavy atom. The quantitative estimate of drug-likeness (QED) is 0.648. The molecule has 1 amide bonds. The van der Waals surface area contributed by atoms with E-state index in [9.17, 15) is 9.18 Å². The zero-order chi connectivity index (χ0) is 13.1. The van der Waals surface area contributed by atoms with Crippen molar-refractivity contribution in [3.05, 3.63) is 53.1 Å². The number of pyridine rings is 1. The maximum absolute atomic E-state index is 13.5. The third-order valence-corrected chi connectivity index (χ3v) is 2.54. The van der Waals surface area contributed by atoms with E-state index in [1.165, 1.54) is 18.3 Å². The van der Waals surface area contributed by atoms with Crippen LogP contribution in [0.5, 0.6) is 0 Å². The van der Waals surface area contributed by atoms with Crippen LogP contribution < -0.4 is 11.1 Å². The van der Waals surface area contributed by atoms with Crippen molar-refractivity contribution in [1.29, 1.82) is 0 Å². The van der Waals surface area contributed by atoms with Crippen LogP contribution in [0.1, 0.15) is 10.4 Å². The van der Waals surface area contributed by atoms with E-state index in [1.54, 1.807) is 12.1 Å². The van der Waals surface area contributed by atoms with Gasteiger partial charge in [-0.25, -0.2) is 9.37 Å². The molecule has 92 valence electrons. The molecule has 3 N–H and O–H groups in total. The Hall–Kier alpha value is -2.14. The van der Waals surface area contributed by atoms with Crippen molar-refractivity contribution in [2.24, 2.45) is 0 Å². The number of rotatable bonds is 2. The molecular formula is C12H9ClFN3O. The summed E-state index contributed by atoms with van der Waals surface area (Å²) in [7, 11) is 0. The molecule has 0 saturated carbocycles. The smallest absolute Gasteiger partial charge is 0.258 e. The SMILES string of the molecule is Nc1ccc(F)c(C(=O)Nc2cccnc2Cl)c1. The number of aromatic nitrogens is 1. The zero-order valence-electron chi connectivity index (χ0n) is 9.15. The van der Waals surface area contributed by atoms with E-state index >= 15 is 0 Å². The molecule has 1 aromatic carbocycles. The topological polar surface area (TPSA) is 68.0 Å². The maximum Gasteiger partial charge on any atom is 0.258 e. The molecule has 0 spiro atoms. The van der Waals surface area contributed by atoms with Gasteiger partial charge in [0, 0.05) is 11.9 Å². The van der Waals surface area contributed by atoms with Gasteiger partial charge in [-0.05, 0) is 30.3 Å². The summed E-state index contributed by atoms with van der Waals surface area (Å²) in [5, 5.41) is 2.60. The average Bonchev–Trinajstić information content (AvgIpc) is 2.35. The lowest BCUT2D eigenvalue weighted by molar-refractivity contribution is 0.102. The minimum atomic E-state index is -0.651. The highest BCUT2D eigenvalue weighted by molar-refractivity contribution is 6.32. The van der Waals surface area contributed by atoms with E-state index in [0.29, 0.717) is 11.4 Å². The Kier molecular flexibility index (Phi) is 3.43. The van der Waals surface area contributed by atoms with Gasteiger partial charge in [0.05, 0.1) is 11.3 Å². The molecule has 0 aliphatic heterocycles. The first-order chi connectivity index (χ1) is 8.58. The number of nitrogen functional groups attached to an aromatic ring is 1. The van der Waals surface area contributed by atoms with Crippen molar-refractivity contribution in [2.75, 3.05) is 11.1 Å². The van der Waals surface area contributed by atoms with E-state index in [-0.39, 0.29) is 10.7 Å². The van der Waals surface area contributed by atoms with Crippen LogP contribution in [0.25, 0.3) is 0 Å². The van der Waals surface area contributed by atoms with E-state index in [4.69, 9.17) is 17.3 Å². The molecule has 0 aliphatic rings. The Balaban J connectivity index is 2.28. The summed E-state index contributed by atoms with van der Waals surface area (Å²) in [4.78, 5) is 15.6. The fraction of sp³-hybridized carbons (Fsp3) is 0. The molecule has 4 nitrogen and oxygen atoms in total. The van der Waals surface area contributed by atoms with Crippen LogP contribution in [0.15, 0.2) is 36.5 Å². The molecule has 1 aromatic heterocycles. The number of carbonyl (C=O) groups excluding carboxylic acids is 1. The number of halogens is 2. The summed E-state index contributed by atoms with van der Waals surface area (Å²) in [6.45, 7) is 0. The van der Waals surface area contributed by atoms with Crippen molar-refractivity contribution in [3.8, 4) is 0 Å². The lowest BCUT2D eigenvalue weighted by Crippen LogP contribution is -2.14. The number of nitrogens with zero attached hydrogens (tertiary/aromatic N) is 1. The second-order valence-corrected chi connectivity index (χ2v) is 3.89. The standard InChI is InChI=1S/C12H9ClFN3O/c13-11-10(2-1-5-16-11)17-12(18)8-6-7(15)3-4-9(8)14/h1-6H,15H2,(H,17,18). The number of anilines is 2. The van der Waals surface area contributed by atoms with Crippen LogP contribution in [0.4, 0.5) is 15.8 Å². The summed E-state index contributed by atoms with van der Waals surface area (Å²) >= 11 is 5.78. The maximum atomic E-state index is 13.5. The van der Waals surface area contributed by atoms with Crippen molar-refractivity contribution in [2.45, 2.75) is 0 Å². The largest absolute Gasteiger partial charge is 0.399 e. The van der Waals surface area contributed by atoms with Crippen molar-refractivity contribution < 1.29 is 9.18 Å². The first-order valence-corrected chi connectivity index (χ1v) is 5.42. The van der Waals surface area contributed by atoms with Crippen LogP contribution in [-0.2, 0) is 0 Å². The van der Waals surface area contributed by atoms with Crippen LogP contribution >= 0.6 is 11.6 Å². The normalized spacial score (nSPS) is 10.1. The summed E-state index contributed by atoms with van der Waals surface area (Å²) < 4.78 is 13.5. The Labute approximate surface area is 108 Å². The number of benzene rings is 1. The van der Waals surface area contributed by atoms with Crippen LogP contribution in [0.2, 0.25) is 5.15 Å². The summed E-state index contributed by atoms with van der Waals surface area (Å²) in [6, 6.07) is 6.95. The number of carbonyl (C=O) groups is 1. The Morgan fingerprint density at radius 3 is 2.89 bits per heavy atom. The molecule has 0 unspecified atom stereocenters. The fourth-order valence-corrected chi connectivity index (χ4v) is 1.55. The van der Waals surface area contributed by atoms with Gasteiger partial charge < -0.3 is 11.1 Å². The van der Waals surface area contributed by atoms with Gasteiger partial charge in [0.1, 0.15) is 5.82 Å². The molecular weight excluding hydrogens is 257 g/mol. The number of nitrogens with two attached hydrogens (primary N) is 1. The van der Waals surface area contributed by atoms with Crippen molar-refractivity contribution >= 4 is 28.9 Å². The molecule has 0 fully saturated rings. The predicted octanol–water partition coefficient (Wildman–Crippen LogP) is 2.71. The lowest BCUT2D eigenvalue weighted by atomic mass is 10.1. The van der Waals surface area contributed by atoms with E-state index < -0.39 is 11.7 Å². The predicted molar refractivity (Wildman–Crippen MR) is 68.0 cm³/mol. The molecule has 0 atom stereocenters. The first kappa shape index (κ1) is 12.3. The minimum Gasteiger partial charge on any atom is -0.399 e. The highest BCUT2D eigenvalue weighted by atomic mass is 35.5. The van der Waals surface area contributed by atoms with E-state index in [1.807, 2.05) is 0 Å². The second-order valence-electron chi connectivity index (χ2n) is 3.54. The highest BCUT2D eigenvalue weighted by Crippen LogP contribution is 2.20. The zero-order valence-corrected chi connectivity index (χ0v) is 9.91. The lowest BCUT2D eigenvalue weighted by Gasteiger charge is -2.07. The highest BCUT2D eigenvalue weighted by Gasteiger charge is 2.13. The molecule has 2 aromatic rings. The first-order valence-electron chi connectivity index (χ1n) is 5.05. The second kappa shape index (κ2) is 5.01.